The van der Waals surface area contributed by atoms with Crippen molar-refractivity contribution >= 4 is 5.96 Å². The van der Waals surface area contributed by atoms with E-state index in [-0.39, 0.29) is 0 Å². The molecule has 0 aromatic heterocycles. The molecule has 6 heteroatoms. The average molecular weight is 439 g/mol. The Morgan fingerprint density at radius 3 is 2.72 bits per heavy atom. The predicted octanol–water partition coefficient (Wildman–Crippen LogP) is 3.73. The Labute approximate surface area is 193 Å². The van der Waals surface area contributed by atoms with E-state index in [0.29, 0.717) is 19.1 Å². The molecule has 2 aromatic carbocycles. The van der Waals surface area contributed by atoms with Gasteiger partial charge in [0.1, 0.15) is 5.75 Å². The van der Waals surface area contributed by atoms with Gasteiger partial charge in [-0.3, -0.25) is 4.99 Å². The average Bonchev–Trinajstić information content (AvgIpc) is 3.32. The molecule has 2 N–H and O–H groups in total. The second-order valence-electron chi connectivity index (χ2n) is 8.58. The number of hydrogen-bond donors (Lipinski definition) is 2. The Kier molecular flexibility index (Phi) is 9.38. The van der Waals surface area contributed by atoms with E-state index in [9.17, 15) is 0 Å². The normalized spacial score (nSPS) is 16.4. The first-order valence-electron chi connectivity index (χ1n) is 11.6. The standard InChI is InChI=1S/C26H38N4O2/c1-5-30(4)17-22-8-6-7-21(14-22)15-28-26(27-3)29-16-24-10-9-20(2)13-25(24)32-19-23-11-12-31-18-23/h6-10,13-14,23H,5,11-12,15-19H2,1-4H3,(H2,27,28,29). The number of ether oxygens (including phenoxy) is 2. The smallest absolute Gasteiger partial charge is 0.191 e. The molecule has 0 spiro atoms. The molecule has 1 unspecified atom stereocenters. The molecule has 0 saturated carbocycles. The lowest BCUT2D eigenvalue weighted by atomic mass is 10.1. The molecule has 32 heavy (non-hydrogen) atoms. The van der Waals surface area contributed by atoms with E-state index in [1.54, 1.807) is 7.05 Å². The van der Waals surface area contributed by atoms with E-state index >= 15 is 0 Å². The number of aliphatic imine (C=N–C) groups is 1. The monoisotopic (exact) mass is 438 g/mol. The van der Waals surface area contributed by atoms with Gasteiger partial charge in [0, 0.05) is 44.8 Å². The van der Waals surface area contributed by atoms with E-state index in [1.807, 2.05) is 0 Å². The van der Waals surface area contributed by atoms with Gasteiger partial charge in [-0.05, 0) is 49.7 Å². The maximum atomic E-state index is 6.17. The first-order chi connectivity index (χ1) is 15.6. The van der Waals surface area contributed by atoms with Crippen molar-refractivity contribution in [2.75, 3.05) is 40.5 Å². The summed E-state index contributed by atoms with van der Waals surface area (Å²) in [5.41, 5.74) is 4.89. The van der Waals surface area contributed by atoms with Crippen molar-refractivity contribution in [1.29, 1.82) is 0 Å². The van der Waals surface area contributed by atoms with Crippen LogP contribution < -0.4 is 15.4 Å². The highest BCUT2D eigenvalue weighted by Gasteiger charge is 2.17. The quantitative estimate of drug-likeness (QED) is 0.437. The van der Waals surface area contributed by atoms with Crippen molar-refractivity contribution in [3.8, 4) is 5.75 Å². The summed E-state index contributed by atoms with van der Waals surface area (Å²) in [6.45, 7) is 9.98. The van der Waals surface area contributed by atoms with Crippen LogP contribution in [0.4, 0.5) is 0 Å². The Morgan fingerprint density at radius 1 is 1.16 bits per heavy atom. The number of nitrogens with zero attached hydrogens (tertiary/aromatic N) is 2. The maximum absolute atomic E-state index is 6.17. The summed E-state index contributed by atoms with van der Waals surface area (Å²) in [4.78, 5) is 6.69. The zero-order valence-corrected chi connectivity index (χ0v) is 20.0. The van der Waals surface area contributed by atoms with Crippen molar-refractivity contribution in [1.82, 2.24) is 15.5 Å². The molecular weight excluding hydrogens is 400 g/mol. The molecule has 3 rings (SSSR count). The molecule has 0 amide bonds. The first kappa shape index (κ1) is 24.1. The van der Waals surface area contributed by atoms with Crippen LogP contribution in [0.15, 0.2) is 47.5 Å². The third kappa shape index (κ3) is 7.53. The molecule has 1 fully saturated rings. The van der Waals surface area contributed by atoms with Crippen molar-refractivity contribution in [2.45, 2.75) is 39.9 Å². The van der Waals surface area contributed by atoms with Crippen LogP contribution in [-0.2, 0) is 24.4 Å². The molecule has 0 aliphatic carbocycles. The van der Waals surface area contributed by atoms with Crippen molar-refractivity contribution in [2.24, 2.45) is 10.9 Å². The topological polar surface area (TPSA) is 58.1 Å². The molecular formula is C26H38N4O2. The molecule has 2 aromatic rings. The van der Waals surface area contributed by atoms with Crippen LogP contribution in [0.1, 0.15) is 35.6 Å². The van der Waals surface area contributed by atoms with Crippen LogP contribution in [0.5, 0.6) is 5.75 Å². The van der Waals surface area contributed by atoms with Crippen LogP contribution in [0.2, 0.25) is 0 Å². The predicted molar refractivity (Wildman–Crippen MR) is 131 cm³/mol. The number of aryl methyl sites for hydroxylation is 1. The zero-order chi connectivity index (χ0) is 22.8. The molecule has 0 bridgehead atoms. The van der Waals surface area contributed by atoms with E-state index < -0.39 is 0 Å². The highest BCUT2D eigenvalue weighted by molar-refractivity contribution is 5.79. The second-order valence-corrected chi connectivity index (χ2v) is 8.58. The lowest BCUT2D eigenvalue weighted by Crippen LogP contribution is -2.36. The zero-order valence-electron chi connectivity index (χ0n) is 20.0. The Morgan fingerprint density at radius 2 is 1.97 bits per heavy atom. The van der Waals surface area contributed by atoms with Gasteiger partial charge in [-0.25, -0.2) is 0 Å². The van der Waals surface area contributed by atoms with E-state index in [2.05, 4.69) is 83.9 Å². The van der Waals surface area contributed by atoms with Crippen molar-refractivity contribution in [3.63, 3.8) is 0 Å². The molecule has 1 heterocycles. The van der Waals surface area contributed by atoms with Crippen LogP contribution in [-0.4, -0.2) is 51.3 Å². The number of rotatable bonds is 10. The van der Waals surface area contributed by atoms with Gasteiger partial charge in [0.25, 0.3) is 0 Å². The molecule has 174 valence electrons. The number of nitrogens with one attached hydrogen (secondary N) is 2. The lowest BCUT2D eigenvalue weighted by Gasteiger charge is -2.17. The Balaban J connectivity index is 1.53. The van der Waals surface area contributed by atoms with Crippen LogP contribution in [0, 0.1) is 12.8 Å². The van der Waals surface area contributed by atoms with E-state index in [0.717, 1.165) is 56.5 Å². The lowest BCUT2D eigenvalue weighted by molar-refractivity contribution is 0.166. The summed E-state index contributed by atoms with van der Waals surface area (Å²) >= 11 is 0. The highest BCUT2D eigenvalue weighted by atomic mass is 16.5. The number of guanidine groups is 1. The number of benzene rings is 2. The third-order valence-corrected chi connectivity index (χ3v) is 5.83. The summed E-state index contributed by atoms with van der Waals surface area (Å²) < 4.78 is 11.6. The van der Waals surface area contributed by atoms with Gasteiger partial charge in [0.2, 0.25) is 0 Å². The van der Waals surface area contributed by atoms with E-state index in [4.69, 9.17) is 9.47 Å². The van der Waals surface area contributed by atoms with Gasteiger partial charge >= 0.3 is 0 Å². The largest absolute Gasteiger partial charge is 0.493 e. The minimum Gasteiger partial charge on any atom is -0.493 e. The summed E-state index contributed by atoms with van der Waals surface area (Å²) in [5.74, 6) is 2.20. The fourth-order valence-electron chi connectivity index (χ4n) is 3.71. The molecule has 1 aliphatic rings. The Bertz CT molecular complexity index is 878. The second kappa shape index (κ2) is 12.5. The number of hydrogen-bond acceptors (Lipinski definition) is 4. The summed E-state index contributed by atoms with van der Waals surface area (Å²) in [6.07, 6.45) is 1.08. The van der Waals surface area contributed by atoms with Gasteiger partial charge < -0.3 is 25.0 Å². The molecule has 1 aliphatic heterocycles. The molecule has 1 saturated heterocycles. The minimum atomic E-state index is 0.485. The Hall–Kier alpha value is -2.57. The SMILES string of the molecule is CCN(C)Cc1cccc(CNC(=NC)NCc2ccc(C)cc2OCC2CCOC2)c1. The van der Waals surface area contributed by atoms with Crippen molar-refractivity contribution < 1.29 is 9.47 Å². The van der Waals surface area contributed by atoms with Crippen molar-refractivity contribution in [3.05, 3.63) is 64.7 Å². The fourth-order valence-corrected chi connectivity index (χ4v) is 3.71. The maximum Gasteiger partial charge on any atom is 0.191 e. The summed E-state index contributed by atoms with van der Waals surface area (Å²) in [6, 6.07) is 15.1. The first-order valence-corrected chi connectivity index (χ1v) is 11.6. The van der Waals surface area contributed by atoms with E-state index in [1.165, 1.54) is 16.7 Å². The summed E-state index contributed by atoms with van der Waals surface area (Å²) in [5, 5.41) is 6.85. The van der Waals surface area contributed by atoms with Crippen LogP contribution in [0.3, 0.4) is 0 Å². The van der Waals surface area contributed by atoms with Crippen LogP contribution >= 0.6 is 0 Å². The molecule has 1 atom stereocenters. The fraction of sp³-hybridized carbons (Fsp3) is 0.500. The third-order valence-electron chi connectivity index (χ3n) is 5.83. The van der Waals surface area contributed by atoms with Gasteiger partial charge in [0.05, 0.1) is 13.2 Å². The van der Waals surface area contributed by atoms with Gasteiger partial charge in [-0.1, -0.05) is 43.3 Å². The molecule has 6 nitrogen and oxygen atoms in total. The highest BCUT2D eigenvalue weighted by Crippen LogP contribution is 2.22. The van der Waals surface area contributed by atoms with Crippen LogP contribution in [0.25, 0.3) is 0 Å². The van der Waals surface area contributed by atoms with Gasteiger partial charge in [-0.2, -0.15) is 0 Å². The minimum absolute atomic E-state index is 0.485. The van der Waals surface area contributed by atoms with Gasteiger partial charge in [0.15, 0.2) is 5.96 Å². The summed E-state index contributed by atoms with van der Waals surface area (Å²) in [7, 11) is 3.94. The molecule has 0 radical (unpaired) electrons. The van der Waals surface area contributed by atoms with Gasteiger partial charge in [-0.15, -0.1) is 0 Å².